The lowest BCUT2D eigenvalue weighted by Crippen LogP contribution is -2.47. The van der Waals surface area contributed by atoms with Crippen LogP contribution in [-0.2, 0) is 4.79 Å². The summed E-state index contributed by atoms with van der Waals surface area (Å²) in [5.74, 6) is 0.936. The van der Waals surface area contributed by atoms with Gasteiger partial charge in [0.2, 0.25) is 0 Å². The second-order valence-electron chi connectivity index (χ2n) is 5.38. The molecule has 0 fully saturated rings. The molecule has 5 nitrogen and oxygen atoms in total. The van der Waals surface area contributed by atoms with Gasteiger partial charge in [0.25, 0.3) is 5.91 Å². The molecular weight excluding hydrogens is 270 g/mol. The number of nitrogens with one attached hydrogen (secondary N) is 1. The van der Waals surface area contributed by atoms with Crippen LogP contribution in [0.2, 0.25) is 0 Å². The van der Waals surface area contributed by atoms with Gasteiger partial charge in [-0.25, -0.2) is 0 Å². The quantitative estimate of drug-likeness (QED) is 0.770. The second kappa shape index (κ2) is 7.88. The third-order valence-corrected chi connectivity index (χ3v) is 3.56. The first-order valence-electron chi connectivity index (χ1n) is 7.13. The Hall–Kier alpha value is -1.75. The van der Waals surface area contributed by atoms with E-state index in [0.29, 0.717) is 17.9 Å². The van der Waals surface area contributed by atoms with Crippen molar-refractivity contribution in [1.82, 2.24) is 5.32 Å². The number of aliphatic hydroxyl groups excluding tert-OH is 1. The lowest BCUT2D eigenvalue weighted by Gasteiger charge is -2.29. The number of amides is 1. The number of benzene rings is 1. The highest BCUT2D eigenvalue weighted by Gasteiger charge is 2.23. The molecule has 1 amide bonds. The molecular formula is C16H25NO4. The lowest BCUT2D eigenvalue weighted by molar-refractivity contribution is -0.125. The van der Waals surface area contributed by atoms with E-state index in [4.69, 9.17) is 14.6 Å². The first kappa shape index (κ1) is 17.3. The van der Waals surface area contributed by atoms with Crippen molar-refractivity contribution in [2.24, 2.45) is 0 Å². The predicted molar refractivity (Wildman–Crippen MR) is 81.8 cm³/mol. The van der Waals surface area contributed by atoms with Crippen molar-refractivity contribution in [1.29, 1.82) is 0 Å². The summed E-state index contributed by atoms with van der Waals surface area (Å²) in [7, 11) is 1.57. The molecule has 0 saturated carbocycles. The number of aryl methyl sites for hydroxylation is 1. The van der Waals surface area contributed by atoms with Gasteiger partial charge in [0.1, 0.15) is 0 Å². The fourth-order valence-electron chi connectivity index (χ4n) is 1.98. The topological polar surface area (TPSA) is 67.8 Å². The molecule has 1 aromatic rings. The van der Waals surface area contributed by atoms with Crippen LogP contribution < -0.4 is 14.8 Å². The average Bonchev–Trinajstić information content (AvgIpc) is 2.46. The molecule has 0 aromatic heterocycles. The zero-order valence-electron chi connectivity index (χ0n) is 13.2. The number of hydrogen-bond donors (Lipinski definition) is 2. The molecule has 1 unspecified atom stereocenters. The summed E-state index contributed by atoms with van der Waals surface area (Å²) in [6.07, 6.45) is 1.26. The van der Waals surface area contributed by atoms with Crippen molar-refractivity contribution in [3.8, 4) is 11.5 Å². The smallest absolute Gasteiger partial charge is 0.258 e. The Morgan fingerprint density at radius 3 is 2.67 bits per heavy atom. The van der Waals surface area contributed by atoms with Gasteiger partial charge in [-0.3, -0.25) is 4.79 Å². The second-order valence-corrected chi connectivity index (χ2v) is 5.38. The maximum Gasteiger partial charge on any atom is 0.258 e. The summed E-state index contributed by atoms with van der Waals surface area (Å²) in [6.45, 7) is 5.80. The van der Waals surface area contributed by atoms with Gasteiger partial charge in [0, 0.05) is 12.1 Å². The standard InChI is InChI=1S/C16H25NO4/c1-5-16(3,8-9-18)17-15(19)11-21-13-7-6-12(2)10-14(13)20-4/h6-7,10,18H,5,8-9,11H2,1-4H3,(H,17,19). The molecule has 0 heterocycles. The highest BCUT2D eigenvalue weighted by Crippen LogP contribution is 2.27. The highest BCUT2D eigenvalue weighted by molar-refractivity contribution is 5.78. The number of ether oxygens (including phenoxy) is 2. The Balaban J connectivity index is 2.61. The van der Waals surface area contributed by atoms with Gasteiger partial charge >= 0.3 is 0 Å². The van der Waals surface area contributed by atoms with E-state index in [9.17, 15) is 4.79 Å². The van der Waals surface area contributed by atoms with Crippen molar-refractivity contribution >= 4 is 5.91 Å². The van der Waals surface area contributed by atoms with Crippen LogP contribution in [0.15, 0.2) is 18.2 Å². The Bertz CT molecular complexity index is 475. The summed E-state index contributed by atoms with van der Waals surface area (Å²) in [5, 5.41) is 11.9. The molecule has 0 radical (unpaired) electrons. The zero-order valence-corrected chi connectivity index (χ0v) is 13.2. The summed E-state index contributed by atoms with van der Waals surface area (Å²) in [5.41, 5.74) is 0.650. The van der Waals surface area contributed by atoms with E-state index < -0.39 is 5.54 Å². The van der Waals surface area contributed by atoms with Crippen LogP contribution in [0.25, 0.3) is 0 Å². The van der Waals surface area contributed by atoms with Gasteiger partial charge in [-0.15, -0.1) is 0 Å². The summed E-state index contributed by atoms with van der Waals surface area (Å²) in [6, 6.07) is 5.54. The molecule has 0 spiro atoms. The predicted octanol–water partition coefficient (Wildman–Crippen LogP) is 2.05. The van der Waals surface area contributed by atoms with Crippen LogP contribution in [-0.4, -0.2) is 36.9 Å². The van der Waals surface area contributed by atoms with E-state index in [1.807, 2.05) is 32.9 Å². The molecule has 0 bridgehead atoms. The van der Waals surface area contributed by atoms with Gasteiger partial charge in [0.15, 0.2) is 18.1 Å². The molecule has 118 valence electrons. The Morgan fingerprint density at radius 2 is 2.10 bits per heavy atom. The van der Waals surface area contributed by atoms with Crippen LogP contribution in [0.3, 0.4) is 0 Å². The number of hydrogen-bond acceptors (Lipinski definition) is 4. The minimum atomic E-state index is -0.410. The average molecular weight is 295 g/mol. The summed E-state index contributed by atoms with van der Waals surface area (Å²) in [4.78, 5) is 12.0. The normalized spacial score (nSPS) is 13.4. The lowest BCUT2D eigenvalue weighted by atomic mass is 9.95. The fraction of sp³-hybridized carbons (Fsp3) is 0.562. The van der Waals surface area contributed by atoms with E-state index in [1.165, 1.54) is 0 Å². The van der Waals surface area contributed by atoms with Gasteiger partial charge in [-0.05, 0) is 44.4 Å². The zero-order chi connectivity index (χ0) is 15.9. The fourth-order valence-corrected chi connectivity index (χ4v) is 1.98. The van der Waals surface area contributed by atoms with Crippen LogP contribution in [0, 0.1) is 6.92 Å². The van der Waals surface area contributed by atoms with E-state index in [2.05, 4.69) is 5.32 Å². The monoisotopic (exact) mass is 295 g/mol. The van der Waals surface area contributed by atoms with Crippen molar-refractivity contribution in [3.63, 3.8) is 0 Å². The van der Waals surface area contributed by atoms with Crippen LogP contribution >= 0.6 is 0 Å². The Morgan fingerprint density at radius 1 is 1.38 bits per heavy atom. The molecule has 1 atom stereocenters. The number of rotatable bonds is 8. The van der Waals surface area contributed by atoms with Crippen LogP contribution in [0.5, 0.6) is 11.5 Å². The van der Waals surface area contributed by atoms with Crippen molar-refractivity contribution < 1.29 is 19.4 Å². The minimum absolute atomic E-state index is 0.0390. The van der Waals surface area contributed by atoms with Crippen LogP contribution in [0.4, 0.5) is 0 Å². The van der Waals surface area contributed by atoms with E-state index >= 15 is 0 Å². The maximum atomic E-state index is 12.0. The summed E-state index contributed by atoms with van der Waals surface area (Å²) >= 11 is 0. The maximum absolute atomic E-state index is 12.0. The van der Waals surface area contributed by atoms with Gasteiger partial charge in [-0.1, -0.05) is 13.0 Å². The number of carbonyl (C=O) groups is 1. The molecule has 1 aromatic carbocycles. The van der Waals surface area contributed by atoms with E-state index in [1.54, 1.807) is 13.2 Å². The molecule has 0 saturated heterocycles. The van der Waals surface area contributed by atoms with Gasteiger partial charge in [0.05, 0.1) is 7.11 Å². The Labute approximate surface area is 126 Å². The molecule has 2 N–H and O–H groups in total. The van der Waals surface area contributed by atoms with E-state index in [0.717, 1.165) is 12.0 Å². The number of aliphatic hydroxyl groups is 1. The first-order chi connectivity index (χ1) is 9.94. The molecule has 5 heteroatoms. The SMILES string of the molecule is CCC(C)(CCO)NC(=O)COc1ccc(C)cc1OC. The summed E-state index contributed by atoms with van der Waals surface area (Å²) < 4.78 is 10.7. The van der Waals surface area contributed by atoms with Gasteiger partial charge < -0.3 is 19.9 Å². The largest absolute Gasteiger partial charge is 0.493 e. The van der Waals surface area contributed by atoms with E-state index in [-0.39, 0.29) is 19.1 Å². The molecule has 0 aliphatic heterocycles. The van der Waals surface area contributed by atoms with Crippen LogP contribution in [0.1, 0.15) is 32.3 Å². The van der Waals surface area contributed by atoms with Crippen molar-refractivity contribution in [3.05, 3.63) is 23.8 Å². The molecule has 1 rings (SSSR count). The number of carbonyl (C=O) groups excluding carboxylic acids is 1. The minimum Gasteiger partial charge on any atom is -0.493 e. The van der Waals surface area contributed by atoms with Gasteiger partial charge in [-0.2, -0.15) is 0 Å². The van der Waals surface area contributed by atoms with Crippen molar-refractivity contribution in [2.45, 2.75) is 39.2 Å². The molecule has 21 heavy (non-hydrogen) atoms. The first-order valence-corrected chi connectivity index (χ1v) is 7.13. The molecule has 0 aliphatic rings. The third kappa shape index (κ3) is 5.27. The Kier molecular flexibility index (Phi) is 6.49. The third-order valence-electron chi connectivity index (χ3n) is 3.56. The van der Waals surface area contributed by atoms with Crippen molar-refractivity contribution in [2.75, 3.05) is 20.3 Å². The molecule has 0 aliphatic carbocycles. The number of methoxy groups -OCH3 is 1. The highest BCUT2D eigenvalue weighted by atomic mass is 16.5.